The number of ketones is 1. The highest BCUT2D eigenvalue weighted by atomic mass is 32.2. The smallest absolute Gasteiger partial charge is 0.226 e. The summed E-state index contributed by atoms with van der Waals surface area (Å²) in [6.07, 6.45) is 5.87. The quantitative estimate of drug-likeness (QED) is 0.601. The maximum atomic E-state index is 12.3. The fourth-order valence-electron chi connectivity index (χ4n) is 3.69. The molecule has 1 aromatic carbocycles. The summed E-state index contributed by atoms with van der Waals surface area (Å²) in [5, 5.41) is 0. The normalized spacial score (nSPS) is 20.3. The molecule has 140 valence electrons. The third-order valence-corrected chi connectivity index (χ3v) is 6.48. The molecular formula is C22H29NO2S. The van der Waals surface area contributed by atoms with E-state index in [1.54, 1.807) is 11.8 Å². The number of aromatic nitrogens is 1. The van der Waals surface area contributed by atoms with Gasteiger partial charge in [0.25, 0.3) is 0 Å². The molecule has 0 amide bonds. The summed E-state index contributed by atoms with van der Waals surface area (Å²) >= 11 is 1.66. The Kier molecular flexibility index (Phi) is 6.58. The summed E-state index contributed by atoms with van der Waals surface area (Å²) in [7, 11) is 0. The van der Waals surface area contributed by atoms with Gasteiger partial charge in [-0.05, 0) is 44.2 Å². The molecule has 2 aromatic rings. The fourth-order valence-corrected chi connectivity index (χ4v) is 4.60. The average Bonchev–Trinajstić information content (AvgIpc) is 2.98. The van der Waals surface area contributed by atoms with Crippen LogP contribution >= 0.6 is 11.8 Å². The highest BCUT2D eigenvalue weighted by Crippen LogP contribution is 2.32. The van der Waals surface area contributed by atoms with Crippen molar-refractivity contribution in [2.45, 2.75) is 58.6 Å². The van der Waals surface area contributed by atoms with Gasteiger partial charge in [-0.15, -0.1) is 11.8 Å². The predicted molar refractivity (Wildman–Crippen MR) is 108 cm³/mol. The maximum Gasteiger partial charge on any atom is 0.226 e. The van der Waals surface area contributed by atoms with E-state index in [0.29, 0.717) is 29.3 Å². The van der Waals surface area contributed by atoms with Gasteiger partial charge in [-0.2, -0.15) is 0 Å². The molecule has 2 unspecified atom stereocenters. The van der Waals surface area contributed by atoms with Crippen molar-refractivity contribution in [2.75, 3.05) is 5.75 Å². The Labute approximate surface area is 161 Å². The molecular weight excluding hydrogens is 342 g/mol. The first-order chi connectivity index (χ1) is 12.5. The minimum Gasteiger partial charge on any atom is -0.441 e. The van der Waals surface area contributed by atoms with E-state index in [-0.39, 0.29) is 0 Å². The fraction of sp³-hybridized carbons (Fsp3) is 0.545. The lowest BCUT2D eigenvalue weighted by atomic mass is 9.78. The average molecular weight is 372 g/mol. The number of hydrogen-bond donors (Lipinski definition) is 0. The van der Waals surface area contributed by atoms with Gasteiger partial charge in [0.15, 0.2) is 0 Å². The number of benzene rings is 1. The Hall–Kier alpha value is -1.55. The summed E-state index contributed by atoms with van der Waals surface area (Å²) in [5.74, 6) is 4.50. The second kappa shape index (κ2) is 8.90. The van der Waals surface area contributed by atoms with Crippen molar-refractivity contribution in [3.63, 3.8) is 0 Å². The van der Waals surface area contributed by atoms with Gasteiger partial charge in [0.2, 0.25) is 5.89 Å². The van der Waals surface area contributed by atoms with Crippen LogP contribution in [-0.2, 0) is 10.5 Å². The first-order valence-electron chi connectivity index (χ1n) is 9.65. The Morgan fingerprint density at radius 3 is 2.65 bits per heavy atom. The van der Waals surface area contributed by atoms with Crippen molar-refractivity contribution in [3.05, 3.63) is 41.3 Å². The largest absolute Gasteiger partial charge is 0.441 e. The zero-order valence-corrected chi connectivity index (χ0v) is 16.9. The molecule has 2 atom stereocenters. The molecule has 0 N–H and O–H groups in total. The minimum atomic E-state index is 0.383. The number of oxazole rings is 1. The van der Waals surface area contributed by atoms with Crippen molar-refractivity contribution >= 4 is 17.5 Å². The van der Waals surface area contributed by atoms with Crippen LogP contribution in [-0.4, -0.2) is 16.5 Å². The van der Waals surface area contributed by atoms with Gasteiger partial charge in [0.05, 0.1) is 11.4 Å². The van der Waals surface area contributed by atoms with E-state index in [9.17, 15) is 4.79 Å². The molecule has 0 saturated heterocycles. The number of rotatable bonds is 7. The minimum absolute atomic E-state index is 0.383. The Morgan fingerprint density at radius 2 is 1.92 bits per heavy atom. The molecule has 0 aliphatic heterocycles. The second-order valence-corrected chi connectivity index (χ2v) is 8.63. The zero-order valence-electron chi connectivity index (χ0n) is 16.1. The monoisotopic (exact) mass is 371 g/mol. The Bertz CT molecular complexity index is 735. The van der Waals surface area contributed by atoms with E-state index in [1.807, 2.05) is 19.1 Å². The first kappa shape index (κ1) is 19.2. The number of thioether (sulfide) groups is 1. The second-order valence-electron chi connectivity index (χ2n) is 7.65. The molecule has 1 aliphatic rings. The molecule has 1 fully saturated rings. The highest BCUT2D eigenvalue weighted by molar-refractivity contribution is 7.99. The van der Waals surface area contributed by atoms with E-state index in [1.165, 1.54) is 31.2 Å². The molecule has 3 rings (SSSR count). The summed E-state index contributed by atoms with van der Waals surface area (Å²) in [6.45, 7) is 6.32. The number of nitrogens with zero attached hydrogens (tertiary/aromatic N) is 1. The summed E-state index contributed by atoms with van der Waals surface area (Å²) in [5.41, 5.74) is 3.17. The van der Waals surface area contributed by atoms with Crippen molar-refractivity contribution < 1.29 is 9.21 Å². The standard InChI is InChI=1S/C22H29NO2S/c1-15-8-10-18(11-9-15)22-23-21(17(3)25-22)14-26-13-20(24)12-19-7-5-4-6-16(19)2/h8-11,16,19H,4-7,12-14H2,1-3H3. The molecule has 1 aliphatic carbocycles. The SMILES string of the molecule is Cc1ccc(-c2nc(CSCC(=O)CC3CCCCC3C)c(C)o2)cc1. The Balaban J connectivity index is 1.50. The molecule has 3 nitrogen and oxygen atoms in total. The van der Waals surface area contributed by atoms with Gasteiger partial charge in [0.1, 0.15) is 11.5 Å². The Morgan fingerprint density at radius 1 is 1.19 bits per heavy atom. The number of carbonyl (C=O) groups excluding carboxylic acids is 1. The van der Waals surface area contributed by atoms with Gasteiger partial charge >= 0.3 is 0 Å². The van der Waals surface area contributed by atoms with Crippen molar-refractivity contribution in [2.24, 2.45) is 11.8 Å². The highest BCUT2D eigenvalue weighted by Gasteiger charge is 2.23. The molecule has 1 saturated carbocycles. The van der Waals surface area contributed by atoms with Gasteiger partial charge in [-0.1, -0.05) is 43.9 Å². The first-order valence-corrected chi connectivity index (χ1v) is 10.8. The summed E-state index contributed by atoms with van der Waals surface area (Å²) in [6, 6.07) is 8.20. The lowest BCUT2D eigenvalue weighted by Gasteiger charge is -2.28. The topological polar surface area (TPSA) is 43.1 Å². The third kappa shape index (κ3) is 5.00. The third-order valence-electron chi connectivity index (χ3n) is 5.47. The molecule has 0 radical (unpaired) electrons. The number of hydrogen-bond acceptors (Lipinski definition) is 4. The van der Waals surface area contributed by atoms with Gasteiger partial charge in [0, 0.05) is 17.7 Å². The molecule has 26 heavy (non-hydrogen) atoms. The van der Waals surface area contributed by atoms with Crippen molar-refractivity contribution in [3.8, 4) is 11.5 Å². The van der Waals surface area contributed by atoms with Crippen LogP contribution in [0, 0.1) is 25.7 Å². The number of aryl methyl sites for hydroxylation is 2. The summed E-state index contributed by atoms with van der Waals surface area (Å²) in [4.78, 5) is 17.0. The molecule has 4 heteroatoms. The van der Waals surface area contributed by atoms with Crippen LogP contribution in [0.1, 0.15) is 56.0 Å². The van der Waals surface area contributed by atoms with E-state index >= 15 is 0 Å². The van der Waals surface area contributed by atoms with E-state index in [0.717, 1.165) is 29.2 Å². The molecule has 1 heterocycles. The zero-order chi connectivity index (χ0) is 18.5. The van der Waals surface area contributed by atoms with Crippen LogP contribution < -0.4 is 0 Å². The van der Waals surface area contributed by atoms with Crippen LogP contribution in [0.2, 0.25) is 0 Å². The van der Waals surface area contributed by atoms with Crippen molar-refractivity contribution in [1.82, 2.24) is 4.98 Å². The van der Waals surface area contributed by atoms with Gasteiger partial charge in [-0.3, -0.25) is 4.79 Å². The predicted octanol–water partition coefficient (Wildman–Crippen LogP) is 5.98. The van der Waals surface area contributed by atoms with E-state index in [2.05, 4.69) is 31.0 Å². The lowest BCUT2D eigenvalue weighted by molar-refractivity contribution is -0.118. The molecule has 0 spiro atoms. The van der Waals surface area contributed by atoms with Crippen molar-refractivity contribution in [1.29, 1.82) is 0 Å². The maximum absolute atomic E-state index is 12.3. The lowest BCUT2D eigenvalue weighted by Crippen LogP contribution is -2.20. The molecule has 0 bridgehead atoms. The van der Waals surface area contributed by atoms with Crippen LogP contribution in [0.3, 0.4) is 0 Å². The van der Waals surface area contributed by atoms with Gasteiger partial charge in [-0.25, -0.2) is 4.98 Å². The summed E-state index contributed by atoms with van der Waals surface area (Å²) < 4.78 is 5.82. The van der Waals surface area contributed by atoms with Crippen LogP contribution in [0.5, 0.6) is 0 Å². The molecule has 1 aromatic heterocycles. The number of Topliss-reactive ketones (excluding diaryl/α,β-unsaturated/α-hetero) is 1. The van der Waals surface area contributed by atoms with Gasteiger partial charge < -0.3 is 4.42 Å². The van der Waals surface area contributed by atoms with Crippen LogP contribution in [0.15, 0.2) is 28.7 Å². The number of carbonyl (C=O) groups is 1. The van der Waals surface area contributed by atoms with E-state index < -0.39 is 0 Å². The van der Waals surface area contributed by atoms with E-state index in [4.69, 9.17) is 4.42 Å². The van der Waals surface area contributed by atoms with Crippen LogP contribution in [0.4, 0.5) is 0 Å². The van der Waals surface area contributed by atoms with Crippen LogP contribution in [0.25, 0.3) is 11.5 Å².